The van der Waals surface area contributed by atoms with E-state index >= 15 is 0 Å². The monoisotopic (exact) mass is 283 g/mol. The van der Waals surface area contributed by atoms with Gasteiger partial charge in [0.05, 0.1) is 24.7 Å². The minimum absolute atomic E-state index is 0.223. The van der Waals surface area contributed by atoms with Gasteiger partial charge in [0.15, 0.2) is 0 Å². The fraction of sp³-hybridized carbons (Fsp3) is 0.133. The van der Waals surface area contributed by atoms with Crippen molar-refractivity contribution >= 4 is 17.0 Å². The van der Waals surface area contributed by atoms with Gasteiger partial charge in [-0.3, -0.25) is 0 Å². The number of benzene rings is 2. The predicted molar refractivity (Wildman–Crippen MR) is 76.6 cm³/mol. The number of carboxylic acid groups (broad SMARTS) is 1. The highest BCUT2D eigenvalue weighted by Crippen LogP contribution is 2.17. The van der Waals surface area contributed by atoms with Gasteiger partial charge in [0.25, 0.3) is 0 Å². The number of aromatic nitrogens is 3. The van der Waals surface area contributed by atoms with Crippen LogP contribution in [-0.2, 0) is 6.54 Å². The minimum Gasteiger partial charge on any atom is -0.497 e. The molecule has 0 spiro atoms. The van der Waals surface area contributed by atoms with Crippen LogP contribution in [0.15, 0.2) is 42.5 Å². The maximum absolute atomic E-state index is 11.0. The van der Waals surface area contributed by atoms with Gasteiger partial charge < -0.3 is 9.84 Å². The van der Waals surface area contributed by atoms with E-state index in [9.17, 15) is 4.79 Å². The smallest absolute Gasteiger partial charge is 0.335 e. The summed E-state index contributed by atoms with van der Waals surface area (Å²) in [5.41, 5.74) is 2.63. The third-order valence-electron chi connectivity index (χ3n) is 3.25. The van der Waals surface area contributed by atoms with Crippen LogP contribution in [-0.4, -0.2) is 33.2 Å². The number of carboxylic acids is 1. The van der Waals surface area contributed by atoms with Gasteiger partial charge in [-0.15, -0.1) is 5.10 Å². The molecule has 3 rings (SSSR count). The molecule has 2 aromatic carbocycles. The Hall–Kier alpha value is -2.89. The SMILES string of the molecule is COc1ccc(Cn2nnc3ccc(C(=O)O)cc32)cc1. The van der Waals surface area contributed by atoms with Crippen molar-refractivity contribution in [3.63, 3.8) is 0 Å². The first-order valence-electron chi connectivity index (χ1n) is 6.37. The number of hydrogen-bond donors (Lipinski definition) is 1. The Balaban J connectivity index is 1.95. The van der Waals surface area contributed by atoms with Crippen LogP contribution < -0.4 is 4.74 Å². The third-order valence-corrected chi connectivity index (χ3v) is 3.25. The Morgan fingerprint density at radius 3 is 2.67 bits per heavy atom. The van der Waals surface area contributed by atoms with Gasteiger partial charge in [0, 0.05) is 0 Å². The van der Waals surface area contributed by atoms with Crippen LogP contribution in [0.3, 0.4) is 0 Å². The second-order valence-electron chi connectivity index (χ2n) is 4.60. The quantitative estimate of drug-likeness (QED) is 0.794. The molecule has 0 aliphatic heterocycles. The summed E-state index contributed by atoms with van der Waals surface area (Å²) >= 11 is 0. The molecular formula is C15H13N3O3. The molecule has 6 heteroatoms. The molecule has 0 atom stereocenters. The van der Waals surface area contributed by atoms with E-state index < -0.39 is 5.97 Å². The summed E-state index contributed by atoms with van der Waals surface area (Å²) < 4.78 is 6.80. The summed E-state index contributed by atoms with van der Waals surface area (Å²) in [6, 6.07) is 12.4. The number of aromatic carboxylic acids is 1. The molecule has 3 aromatic rings. The van der Waals surface area contributed by atoms with Crippen LogP contribution in [0.25, 0.3) is 11.0 Å². The lowest BCUT2D eigenvalue weighted by Gasteiger charge is -2.05. The number of hydrogen-bond acceptors (Lipinski definition) is 4. The predicted octanol–water partition coefficient (Wildman–Crippen LogP) is 2.19. The summed E-state index contributed by atoms with van der Waals surface area (Å²) in [7, 11) is 1.62. The van der Waals surface area contributed by atoms with E-state index in [1.54, 1.807) is 23.9 Å². The molecule has 0 unspecified atom stereocenters. The van der Waals surface area contributed by atoms with Gasteiger partial charge in [-0.05, 0) is 35.9 Å². The number of nitrogens with zero attached hydrogens (tertiary/aromatic N) is 3. The van der Waals surface area contributed by atoms with Gasteiger partial charge in [0.2, 0.25) is 0 Å². The second kappa shape index (κ2) is 5.24. The topological polar surface area (TPSA) is 77.2 Å². The number of rotatable bonds is 4. The molecule has 1 heterocycles. The zero-order valence-corrected chi connectivity index (χ0v) is 11.4. The standard InChI is InChI=1S/C15H13N3O3/c1-21-12-5-2-10(3-6-12)9-18-14-8-11(15(19)20)4-7-13(14)16-17-18/h2-8H,9H2,1H3,(H,19,20). The van der Waals surface area contributed by atoms with E-state index in [0.29, 0.717) is 17.6 Å². The average Bonchev–Trinajstić information content (AvgIpc) is 2.90. The lowest BCUT2D eigenvalue weighted by atomic mass is 10.2. The van der Waals surface area contributed by atoms with Crippen molar-refractivity contribution in [2.24, 2.45) is 0 Å². The summed E-state index contributed by atoms with van der Waals surface area (Å²) in [6.45, 7) is 0.517. The average molecular weight is 283 g/mol. The van der Waals surface area contributed by atoms with Crippen molar-refractivity contribution in [3.05, 3.63) is 53.6 Å². The summed E-state index contributed by atoms with van der Waals surface area (Å²) in [4.78, 5) is 11.0. The molecule has 6 nitrogen and oxygen atoms in total. The lowest BCUT2D eigenvalue weighted by Crippen LogP contribution is -2.03. The Bertz CT molecular complexity index is 794. The van der Waals surface area contributed by atoms with Crippen LogP contribution in [0.5, 0.6) is 5.75 Å². The number of ether oxygens (including phenoxy) is 1. The van der Waals surface area contributed by atoms with Crippen molar-refractivity contribution in [1.82, 2.24) is 15.0 Å². The molecule has 21 heavy (non-hydrogen) atoms. The van der Waals surface area contributed by atoms with E-state index in [1.165, 1.54) is 6.07 Å². The largest absolute Gasteiger partial charge is 0.497 e. The first kappa shape index (κ1) is 13.1. The summed E-state index contributed by atoms with van der Waals surface area (Å²) in [5.74, 6) is -0.176. The molecule has 0 saturated heterocycles. The highest BCUT2D eigenvalue weighted by molar-refractivity contribution is 5.92. The van der Waals surface area contributed by atoms with Crippen molar-refractivity contribution in [2.75, 3.05) is 7.11 Å². The first-order chi connectivity index (χ1) is 10.2. The van der Waals surface area contributed by atoms with Gasteiger partial charge >= 0.3 is 5.97 Å². The molecule has 1 N–H and O–H groups in total. The minimum atomic E-state index is -0.964. The van der Waals surface area contributed by atoms with Crippen molar-refractivity contribution in [3.8, 4) is 5.75 Å². The van der Waals surface area contributed by atoms with Crippen LogP contribution in [0, 0.1) is 0 Å². The van der Waals surface area contributed by atoms with Gasteiger partial charge in [-0.2, -0.15) is 0 Å². The fourth-order valence-corrected chi connectivity index (χ4v) is 2.12. The van der Waals surface area contributed by atoms with E-state index in [2.05, 4.69) is 10.3 Å². The molecule has 0 saturated carbocycles. The molecule has 0 bridgehead atoms. The number of carbonyl (C=O) groups is 1. The number of methoxy groups -OCH3 is 1. The Morgan fingerprint density at radius 1 is 1.24 bits per heavy atom. The lowest BCUT2D eigenvalue weighted by molar-refractivity contribution is 0.0697. The van der Waals surface area contributed by atoms with Crippen molar-refractivity contribution in [2.45, 2.75) is 6.54 Å². The van der Waals surface area contributed by atoms with Crippen LogP contribution in [0.2, 0.25) is 0 Å². The van der Waals surface area contributed by atoms with Gasteiger partial charge in [-0.25, -0.2) is 9.48 Å². The third kappa shape index (κ3) is 2.55. The Labute approximate surface area is 120 Å². The van der Waals surface area contributed by atoms with E-state index in [4.69, 9.17) is 9.84 Å². The van der Waals surface area contributed by atoms with Crippen molar-refractivity contribution in [1.29, 1.82) is 0 Å². The highest BCUT2D eigenvalue weighted by Gasteiger charge is 2.09. The molecular weight excluding hydrogens is 270 g/mol. The Kier molecular flexibility index (Phi) is 3.27. The number of fused-ring (bicyclic) bond motifs is 1. The Morgan fingerprint density at radius 2 is 2.00 bits per heavy atom. The summed E-state index contributed by atoms with van der Waals surface area (Å²) in [5, 5.41) is 17.2. The zero-order chi connectivity index (χ0) is 14.8. The molecule has 0 aliphatic carbocycles. The van der Waals surface area contributed by atoms with Gasteiger partial charge in [-0.1, -0.05) is 17.3 Å². The molecule has 106 valence electrons. The molecule has 0 radical (unpaired) electrons. The van der Waals surface area contributed by atoms with Crippen LogP contribution in [0.1, 0.15) is 15.9 Å². The fourth-order valence-electron chi connectivity index (χ4n) is 2.12. The zero-order valence-electron chi connectivity index (χ0n) is 11.4. The van der Waals surface area contributed by atoms with E-state index in [0.717, 1.165) is 11.3 Å². The molecule has 0 fully saturated rings. The van der Waals surface area contributed by atoms with Crippen molar-refractivity contribution < 1.29 is 14.6 Å². The first-order valence-corrected chi connectivity index (χ1v) is 6.37. The van der Waals surface area contributed by atoms with Crippen LogP contribution in [0.4, 0.5) is 0 Å². The van der Waals surface area contributed by atoms with Crippen LogP contribution >= 0.6 is 0 Å². The normalized spacial score (nSPS) is 10.7. The molecule has 0 aliphatic rings. The highest BCUT2D eigenvalue weighted by atomic mass is 16.5. The second-order valence-corrected chi connectivity index (χ2v) is 4.60. The van der Waals surface area contributed by atoms with E-state index in [-0.39, 0.29) is 5.56 Å². The maximum Gasteiger partial charge on any atom is 0.335 e. The maximum atomic E-state index is 11.0. The molecule has 0 amide bonds. The van der Waals surface area contributed by atoms with Gasteiger partial charge in [0.1, 0.15) is 11.3 Å². The molecule has 1 aromatic heterocycles. The summed E-state index contributed by atoms with van der Waals surface area (Å²) in [6.07, 6.45) is 0. The van der Waals surface area contributed by atoms with E-state index in [1.807, 2.05) is 24.3 Å².